The zero-order valence-corrected chi connectivity index (χ0v) is 26.4. The second kappa shape index (κ2) is 10.0. The van der Waals surface area contributed by atoms with Crippen molar-refractivity contribution in [1.82, 2.24) is -0.167 Å². The normalized spacial score (nSPS) is 17.1. The quantitative estimate of drug-likeness (QED) is 0.316. The Morgan fingerprint density at radius 2 is 1.92 bits per heavy atom. The van der Waals surface area contributed by atoms with Crippen LogP contribution in [-0.4, -0.2) is 30.7 Å². The maximum atomic E-state index is 13.5. The first-order chi connectivity index (χ1) is 11.4. The standard InChI is InChI=1S/C14H18F2N2O3.2Hg.HNS/c1-14(2,3)21-13(19)18-6-8(17)7-20-12-5-10(16)9(15)4-11(12)18;;;1-2/h4-5,8H,6-7,17H2,1-3H3;;;2H. The topological polar surface area (TPSA) is 68.0 Å². The monoisotopic (exact) mass is 751 g/mol. The predicted molar refractivity (Wildman–Crippen MR) is 84.2 cm³/mol. The van der Waals surface area contributed by atoms with Gasteiger partial charge in [0.1, 0.15) is 18.0 Å². The van der Waals surface area contributed by atoms with Crippen LogP contribution >= 0.6 is 12.8 Å². The number of nitrogens with zero attached hydrogens (tertiary/aromatic N) is 2. The summed E-state index contributed by atoms with van der Waals surface area (Å²) in [7, 11) is 0. The third kappa shape index (κ3) is 8.23. The molecule has 1 atom stereocenters. The van der Waals surface area contributed by atoms with E-state index in [2.05, 4.69) is 12.6 Å². The molecule has 0 saturated carbocycles. The molecular formula is C14H19F2Hg2N3O3S. The molecule has 0 fully saturated rings. The van der Waals surface area contributed by atoms with E-state index in [4.69, 9.17) is 15.2 Å². The first-order valence-electron chi connectivity index (χ1n) is 7.38. The van der Waals surface area contributed by atoms with E-state index in [0.717, 1.165) is 65.0 Å². The van der Waals surface area contributed by atoms with Gasteiger partial charge in [0, 0.05) is 18.7 Å². The van der Waals surface area contributed by atoms with Gasteiger partial charge >= 0.3 is 71.6 Å². The number of amides is 1. The summed E-state index contributed by atoms with van der Waals surface area (Å²) in [4.78, 5) is 13.4. The third-order valence-corrected chi connectivity index (χ3v) is 2.78. The number of rotatable bonds is 0. The van der Waals surface area contributed by atoms with Crippen LogP contribution in [0, 0.1) is 11.6 Å². The number of nitrogens with two attached hydrogens (primary N) is 1. The number of carbonyl (C=O) groups is 1. The molecule has 11 heteroatoms. The molecular weight excluding hydrogens is 729 g/mol. The van der Waals surface area contributed by atoms with Gasteiger partial charge in [-0.15, -0.1) is 0 Å². The van der Waals surface area contributed by atoms with Crippen molar-refractivity contribution in [3.8, 4) is 5.75 Å². The number of benzene rings is 1. The van der Waals surface area contributed by atoms with Gasteiger partial charge < -0.3 is 15.2 Å². The fourth-order valence-corrected chi connectivity index (χ4v) is 1.92. The summed E-state index contributed by atoms with van der Waals surface area (Å²) in [6.07, 6.45) is -0.685. The number of fused-ring (bicyclic) bond motifs is 1. The summed E-state index contributed by atoms with van der Waals surface area (Å²) in [5.41, 5.74) is 5.21. The first kappa shape index (κ1) is 23.3. The van der Waals surface area contributed by atoms with Crippen LogP contribution in [0.1, 0.15) is 20.8 Å². The molecule has 6 nitrogen and oxygen atoms in total. The van der Waals surface area contributed by atoms with Crippen LogP contribution in [0.2, 0.25) is 0 Å². The van der Waals surface area contributed by atoms with Crippen LogP contribution in [0.15, 0.2) is 12.1 Å². The van der Waals surface area contributed by atoms with Crippen molar-refractivity contribution < 1.29 is 75.9 Å². The summed E-state index contributed by atoms with van der Waals surface area (Å²) < 4.78 is 39.5. The fraction of sp³-hybridized carbons (Fsp3) is 0.500. The molecule has 1 aromatic carbocycles. The number of carbonyl (C=O) groups excluding carboxylic acids is 1. The van der Waals surface area contributed by atoms with Gasteiger partial charge in [-0.1, -0.05) is 0 Å². The fourth-order valence-electron chi connectivity index (χ4n) is 1.92. The predicted octanol–water partition coefficient (Wildman–Crippen LogP) is 2.48. The zero-order chi connectivity index (χ0) is 19.4. The molecule has 1 amide bonds. The van der Waals surface area contributed by atoms with Crippen molar-refractivity contribution in [2.24, 2.45) is 5.73 Å². The van der Waals surface area contributed by atoms with Crippen molar-refractivity contribution in [3.63, 3.8) is 0 Å². The van der Waals surface area contributed by atoms with E-state index in [1.54, 1.807) is 20.8 Å². The van der Waals surface area contributed by atoms with Crippen LogP contribution in [0.4, 0.5) is 19.3 Å². The van der Waals surface area contributed by atoms with E-state index in [0.29, 0.717) is 0 Å². The molecule has 1 aromatic rings. The van der Waals surface area contributed by atoms with Crippen molar-refractivity contribution in [3.05, 3.63) is 23.8 Å². The Morgan fingerprint density at radius 3 is 2.44 bits per heavy atom. The summed E-state index contributed by atoms with van der Waals surface area (Å²) >= 11 is 5.58. The van der Waals surface area contributed by atoms with E-state index >= 15 is 0 Å². The molecule has 1 heterocycles. The zero-order valence-electron chi connectivity index (χ0n) is 14.5. The van der Waals surface area contributed by atoms with Gasteiger partial charge in [-0.25, -0.2) is 13.6 Å². The molecule has 132 valence electrons. The molecule has 0 radical (unpaired) electrons. The molecule has 0 bridgehead atoms. The van der Waals surface area contributed by atoms with Crippen LogP contribution in [-0.2, 0) is 57.6 Å². The number of hydrogen-bond donors (Lipinski definition) is 2. The summed E-state index contributed by atoms with van der Waals surface area (Å²) in [6, 6.07) is 1.32. The Bertz CT molecular complexity index is 615. The average molecular weight is 749 g/mol. The number of thiol groups is 1. The second-order valence-corrected chi connectivity index (χ2v) is 30.6. The molecule has 2 N–H and O–H groups in total. The Kier molecular flexibility index (Phi) is 9.34. The van der Waals surface area contributed by atoms with Gasteiger partial charge in [0.15, 0.2) is 11.6 Å². The van der Waals surface area contributed by atoms with Gasteiger partial charge in [0.05, 0.1) is 11.7 Å². The number of halogens is 2. The van der Waals surface area contributed by atoms with Crippen LogP contribution in [0.5, 0.6) is 5.75 Å². The van der Waals surface area contributed by atoms with E-state index in [1.807, 2.05) is 0 Å². The maximum absolute atomic E-state index is 13.5. The Labute approximate surface area is 184 Å². The van der Waals surface area contributed by atoms with Crippen LogP contribution < -0.4 is 15.4 Å². The Balaban J connectivity index is 0.000000705. The molecule has 0 aliphatic carbocycles. The second-order valence-electron chi connectivity index (χ2n) is 6.40. The van der Waals surface area contributed by atoms with E-state index < -0.39 is 29.4 Å². The van der Waals surface area contributed by atoms with Crippen LogP contribution in [0.3, 0.4) is 0 Å². The number of ether oxygens (including phenoxy) is 2. The van der Waals surface area contributed by atoms with Crippen molar-refractivity contribution in [2.45, 2.75) is 32.4 Å². The average Bonchev–Trinajstić information content (AvgIpc) is 2.57. The molecule has 1 unspecified atom stereocenters. The summed E-state index contributed by atoms with van der Waals surface area (Å²) in [5.74, 6) is -2.05. The number of hydrogen-bond acceptors (Lipinski definition) is 6. The van der Waals surface area contributed by atoms with Crippen LogP contribution in [0.25, 0.3) is 0 Å². The Hall–Kier alpha value is 0.290. The van der Waals surface area contributed by atoms with Crippen molar-refractivity contribution in [2.75, 3.05) is 18.1 Å². The van der Waals surface area contributed by atoms with Gasteiger partial charge in [-0.05, 0) is 20.8 Å². The SMILES string of the molecule is CC(C)(C)OC(=O)N1CC(N)COc2cc(F)c(F)cc21.S[N]([Hg])[Hg]. The first-order valence-corrected chi connectivity index (χ1v) is 12.7. The minimum atomic E-state index is -1.07. The van der Waals surface area contributed by atoms with Gasteiger partial charge in [0.2, 0.25) is 0 Å². The van der Waals surface area contributed by atoms with Gasteiger partial charge in [0.25, 0.3) is 0 Å². The minimum absolute atomic E-state index is 0.0627. The molecule has 0 saturated heterocycles. The van der Waals surface area contributed by atoms with Crippen molar-refractivity contribution in [1.29, 1.82) is 0 Å². The summed E-state index contributed by atoms with van der Waals surface area (Å²) in [5, 5.41) is 0. The molecule has 0 spiro atoms. The molecule has 1 aliphatic heterocycles. The molecule has 2 rings (SSSR count). The van der Waals surface area contributed by atoms with Crippen molar-refractivity contribution >= 4 is 24.6 Å². The van der Waals surface area contributed by atoms with E-state index in [1.165, 1.54) is 4.90 Å². The Morgan fingerprint density at radius 1 is 1.40 bits per heavy atom. The number of anilines is 1. The van der Waals surface area contributed by atoms with E-state index in [-0.39, 0.29) is 24.6 Å². The molecule has 1 aliphatic rings. The van der Waals surface area contributed by atoms with Gasteiger partial charge in [-0.2, -0.15) is 0 Å². The van der Waals surface area contributed by atoms with E-state index in [9.17, 15) is 13.6 Å². The summed E-state index contributed by atoms with van der Waals surface area (Å²) in [6.45, 7) is 5.33. The van der Waals surface area contributed by atoms with Gasteiger partial charge in [-0.3, -0.25) is 4.90 Å². The molecule has 25 heavy (non-hydrogen) atoms. The third-order valence-electron chi connectivity index (χ3n) is 2.78. The molecule has 0 aromatic heterocycles.